The number of nitro benzene ring substituents is 1. The third kappa shape index (κ3) is 3.33. The molecule has 0 fully saturated rings. The van der Waals surface area contributed by atoms with Crippen molar-refractivity contribution in [2.45, 2.75) is 30.3 Å². The molecule has 1 aliphatic rings. The number of hydrogen-bond donors (Lipinski definition) is 0. The fourth-order valence-electron chi connectivity index (χ4n) is 3.47. The van der Waals surface area contributed by atoms with Crippen LogP contribution in [-0.4, -0.2) is 30.8 Å². The van der Waals surface area contributed by atoms with Gasteiger partial charge in [-0.15, -0.1) is 6.58 Å². The molecule has 1 heterocycles. The lowest BCUT2D eigenvalue weighted by Crippen LogP contribution is -2.45. The third-order valence-corrected chi connectivity index (χ3v) is 6.75. The normalized spacial score (nSPS) is 19.9. The van der Waals surface area contributed by atoms with Gasteiger partial charge in [0.1, 0.15) is 5.75 Å². The maximum atomic E-state index is 13.3. The Morgan fingerprint density at radius 3 is 2.48 bits per heavy atom. The van der Waals surface area contributed by atoms with E-state index in [1.54, 1.807) is 19.3 Å². The average Bonchev–Trinajstić information content (AvgIpc) is 2.66. The van der Waals surface area contributed by atoms with E-state index in [9.17, 15) is 18.5 Å². The highest BCUT2D eigenvalue weighted by Crippen LogP contribution is 2.39. The molecule has 0 saturated heterocycles. The smallest absolute Gasteiger partial charge is 0.269 e. The Morgan fingerprint density at radius 1 is 1.26 bits per heavy atom. The van der Waals surface area contributed by atoms with Gasteiger partial charge in [-0.1, -0.05) is 12.1 Å². The summed E-state index contributed by atoms with van der Waals surface area (Å²) in [6, 6.07) is 9.65. The number of fused-ring (bicyclic) bond motifs is 1. The van der Waals surface area contributed by atoms with Crippen molar-refractivity contribution in [2.75, 3.05) is 7.11 Å². The number of nitrogens with zero attached hydrogens (tertiary/aromatic N) is 2. The van der Waals surface area contributed by atoms with E-state index >= 15 is 0 Å². The summed E-state index contributed by atoms with van der Waals surface area (Å²) >= 11 is 0. The number of sulfonamides is 1. The first-order valence-corrected chi connectivity index (χ1v) is 9.81. The Balaban J connectivity index is 2.05. The Hall–Kier alpha value is -2.71. The van der Waals surface area contributed by atoms with Gasteiger partial charge < -0.3 is 4.74 Å². The third-order valence-electron chi connectivity index (χ3n) is 4.74. The van der Waals surface area contributed by atoms with Gasteiger partial charge >= 0.3 is 0 Å². The second-order valence-corrected chi connectivity index (χ2v) is 8.23. The molecule has 27 heavy (non-hydrogen) atoms. The van der Waals surface area contributed by atoms with Crippen molar-refractivity contribution in [3.8, 4) is 5.75 Å². The van der Waals surface area contributed by atoms with Crippen LogP contribution < -0.4 is 4.74 Å². The molecule has 0 radical (unpaired) electrons. The topological polar surface area (TPSA) is 89.8 Å². The molecule has 0 aromatic heterocycles. The van der Waals surface area contributed by atoms with E-state index < -0.39 is 21.0 Å². The summed E-state index contributed by atoms with van der Waals surface area (Å²) in [7, 11) is -2.28. The molecule has 8 heteroatoms. The molecule has 142 valence electrons. The molecule has 2 aromatic carbocycles. The molecule has 0 amide bonds. The van der Waals surface area contributed by atoms with Crippen LogP contribution in [-0.2, 0) is 16.4 Å². The summed E-state index contributed by atoms with van der Waals surface area (Å²) in [6.45, 7) is 5.66. The first-order chi connectivity index (χ1) is 12.8. The van der Waals surface area contributed by atoms with Crippen LogP contribution in [0.1, 0.15) is 24.1 Å². The molecule has 1 aliphatic heterocycles. The lowest BCUT2D eigenvalue weighted by atomic mass is 9.90. The maximum Gasteiger partial charge on any atom is 0.269 e. The fourth-order valence-corrected chi connectivity index (χ4v) is 5.24. The maximum absolute atomic E-state index is 13.3. The van der Waals surface area contributed by atoms with Crippen molar-refractivity contribution in [3.63, 3.8) is 0 Å². The van der Waals surface area contributed by atoms with Crippen molar-refractivity contribution >= 4 is 15.7 Å². The van der Waals surface area contributed by atoms with Gasteiger partial charge in [-0.3, -0.25) is 10.1 Å². The van der Waals surface area contributed by atoms with E-state index in [1.807, 2.05) is 19.1 Å². The molecular formula is C19H20N2O5S. The Kier molecular flexibility index (Phi) is 5.03. The molecule has 0 aliphatic carbocycles. The Morgan fingerprint density at radius 2 is 1.93 bits per heavy atom. The van der Waals surface area contributed by atoms with Gasteiger partial charge in [-0.25, -0.2) is 8.42 Å². The number of benzene rings is 2. The van der Waals surface area contributed by atoms with E-state index in [2.05, 4.69) is 6.58 Å². The second kappa shape index (κ2) is 7.13. The SMILES string of the molecule is C=C[C@H]1c2ccc(OC)cc2C[C@@H](C)N1S(=O)(=O)c1ccc([N+](=O)[O-])cc1. The van der Waals surface area contributed by atoms with Gasteiger partial charge in [-0.2, -0.15) is 4.31 Å². The van der Waals surface area contributed by atoms with E-state index in [4.69, 9.17) is 4.74 Å². The van der Waals surface area contributed by atoms with Gasteiger partial charge in [0.25, 0.3) is 5.69 Å². The van der Waals surface area contributed by atoms with E-state index in [0.717, 1.165) is 16.9 Å². The van der Waals surface area contributed by atoms with Gasteiger partial charge in [0, 0.05) is 18.2 Å². The zero-order chi connectivity index (χ0) is 19.8. The number of non-ortho nitro benzene ring substituents is 1. The van der Waals surface area contributed by atoms with Crippen LogP contribution in [0.15, 0.2) is 60.0 Å². The highest BCUT2D eigenvalue weighted by molar-refractivity contribution is 7.89. The highest BCUT2D eigenvalue weighted by Gasteiger charge is 2.39. The quantitative estimate of drug-likeness (QED) is 0.444. The minimum Gasteiger partial charge on any atom is -0.497 e. The molecule has 0 N–H and O–H groups in total. The average molecular weight is 388 g/mol. The number of nitro groups is 1. The van der Waals surface area contributed by atoms with Crippen molar-refractivity contribution in [3.05, 3.63) is 76.4 Å². The molecule has 0 spiro atoms. The predicted octanol–water partition coefficient (Wildman–Crippen LogP) is 3.47. The first-order valence-electron chi connectivity index (χ1n) is 8.37. The highest BCUT2D eigenvalue weighted by atomic mass is 32.2. The molecule has 0 saturated carbocycles. The zero-order valence-corrected chi connectivity index (χ0v) is 15.8. The number of rotatable bonds is 5. The lowest BCUT2D eigenvalue weighted by Gasteiger charge is -2.39. The summed E-state index contributed by atoms with van der Waals surface area (Å²) in [5, 5.41) is 10.8. The van der Waals surface area contributed by atoms with Crippen molar-refractivity contribution in [1.82, 2.24) is 4.31 Å². The molecular weight excluding hydrogens is 368 g/mol. The van der Waals surface area contributed by atoms with Gasteiger partial charge in [0.05, 0.1) is 23.0 Å². The number of hydrogen-bond acceptors (Lipinski definition) is 5. The Labute approximate surface area is 158 Å². The van der Waals surface area contributed by atoms with E-state index in [1.165, 1.54) is 28.6 Å². The standard InChI is InChI=1S/C19H20N2O5S/c1-4-19-18-10-7-16(26-3)12-14(18)11-13(2)20(19)27(24,25)17-8-5-15(6-9-17)21(22)23/h4-10,12-13,19H,1,11H2,2-3H3/t13-,19+/m1/s1. The molecule has 7 nitrogen and oxygen atoms in total. The minimum absolute atomic E-state index is 0.0174. The van der Waals surface area contributed by atoms with Crippen LogP contribution in [0.3, 0.4) is 0 Å². The van der Waals surface area contributed by atoms with Crippen LogP contribution in [0.5, 0.6) is 5.75 Å². The molecule has 2 aromatic rings. The zero-order valence-electron chi connectivity index (χ0n) is 15.0. The second-order valence-electron chi connectivity index (χ2n) is 6.38. The van der Waals surface area contributed by atoms with E-state index in [0.29, 0.717) is 6.42 Å². The summed E-state index contributed by atoms with van der Waals surface area (Å²) < 4.78 is 33.2. The van der Waals surface area contributed by atoms with Gasteiger partial charge in [0.2, 0.25) is 10.0 Å². The van der Waals surface area contributed by atoms with Crippen LogP contribution in [0.25, 0.3) is 0 Å². The van der Waals surface area contributed by atoms with E-state index in [-0.39, 0.29) is 16.6 Å². The summed E-state index contributed by atoms with van der Waals surface area (Å²) in [4.78, 5) is 10.3. The lowest BCUT2D eigenvalue weighted by molar-refractivity contribution is -0.384. The molecule has 0 unspecified atom stereocenters. The first kappa shape index (κ1) is 19.1. The monoisotopic (exact) mass is 388 g/mol. The minimum atomic E-state index is -3.87. The largest absolute Gasteiger partial charge is 0.497 e. The van der Waals surface area contributed by atoms with Crippen molar-refractivity contribution in [2.24, 2.45) is 0 Å². The van der Waals surface area contributed by atoms with Crippen molar-refractivity contribution < 1.29 is 18.1 Å². The van der Waals surface area contributed by atoms with Crippen LogP contribution in [0.4, 0.5) is 5.69 Å². The fraction of sp³-hybridized carbons (Fsp3) is 0.263. The number of ether oxygens (including phenoxy) is 1. The van der Waals surface area contributed by atoms with Gasteiger partial charge in [0.15, 0.2) is 0 Å². The molecule has 3 rings (SSSR count). The van der Waals surface area contributed by atoms with Gasteiger partial charge in [-0.05, 0) is 48.7 Å². The summed E-state index contributed by atoms with van der Waals surface area (Å²) in [5.74, 6) is 0.718. The summed E-state index contributed by atoms with van der Waals surface area (Å²) in [6.07, 6.45) is 2.13. The van der Waals surface area contributed by atoms with Crippen LogP contribution in [0.2, 0.25) is 0 Å². The predicted molar refractivity (Wildman–Crippen MR) is 101 cm³/mol. The summed E-state index contributed by atoms with van der Waals surface area (Å²) in [5.41, 5.74) is 1.72. The molecule has 2 atom stereocenters. The molecule has 0 bridgehead atoms. The van der Waals surface area contributed by atoms with Crippen LogP contribution >= 0.6 is 0 Å². The number of methoxy groups -OCH3 is 1. The van der Waals surface area contributed by atoms with Crippen molar-refractivity contribution in [1.29, 1.82) is 0 Å². The Bertz CT molecular complexity index is 986. The van der Waals surface area contributed by atoms with Crippen LogP contribution in [0, 0.1) is 10.1 Å².